The lowest BCUT2D eigenvalue weighted by atomic mass is 10.1. The van der Waals surface area contributed by atoms with Gasteiger partial charge in [0.05, 0.1) is 5.69 Å². The average molecular weight is 329 g/mol. The van der Waals surface area contributed by atoms with E-state index in [1.165, 1.54) is 24.3 Å². The van der Waals surface area contributed by atoms with Gasteiger partial charge in [-0.3, -0.25) is 14.7 Å². The van der Waals surface area contributed by atoms with Crippen molar-refractivity contribution >= 4 is 5.91 Å². The molecule has 1 saturated heterocycles. The molecule has 2 heterocycles. The molecule has 2 aromatic rings. The largest absolute Gasteiger partial charge is 0.506 e. The van der Waals surface area contributed by atoms with E-state index in [2.05, 4.69) is 9.88 Å². The highest BCUT2D eigenvalue weighted by Crippen LogP contribution is 2.18. The molecule has 1 fully saturated rings. The van der Waals surface area contributed by atoms with Gasteiger partial charge < -0.3 is 10.0 Å². The fraction of sp³-hybridized carbons (Fsp3) is 0.333. The maximum atomic E-state index is 13.0. The van der Waals surface area contributed by atoms with Crippen molar-refractivity contribution in [3.63, 3.8) is 0 Å². The van der Waals surface area contributed by atoms with Gasteiger partial charge in [-0.25, -0.2) is 4.39 Å². The highest BCUT2D eigenvalue weighted by molar-refractivity contribution is 5.94. The van der Waals surface area contributed by atoms with E-state index in [9.17, 15) is 14.3 Å². The van der Waals surface area contributed by atoms with Crippen LogP contribution >= 0.6 is 0 Å². The molecule has 6 heteroatoms. The summed E-state index contributed by atoms with van der Waals surface area (Å²) in [5.74, 6) is -0.224. The Morgan fingerprint density at radius 1 is 1.12 bits per heavy atom. The molecule has 1 aromatic heterocycles. The quantitative estimate of drug-likeness (QED) is 0.938. The Bertz CT molecular complexity index is 726. The molecule has 0 aliphatic carbocycles. The first kappa shape index (κ1) is 16.4. The molecular formula is C18H20FN3O2. The molecule has 1 aliphatic rings. The normalized spacial score (nSPS) is 15.5. The summed E-state index contributed by atoms with van der Waals surface area (Å²) in [7, 11) is 0. The van der Waals surface area contributed by atoms with Crippen LogP contribution in [0.5, 0.6) is 5.75 Å². The fourth-order valence-electron chi connectivity index (χ4n) is 2.82. The summed E-state index contributed by atoms with van der Waals surface area (Å²) < 4.78 is 13.0. The van der Waals surface area contributed by atoms with Gasteiger partial charge in [0.2, 0.25) is 0 Å². The molecule has 3 rings (SSSR count). The third kappa shape index (κ3) is 3.71. The van der Waals surface area contributed by atoms with E-state index in [1.54, 1.807) is 17.0 Å². The van der Waals surface area contributed by atoms with Crippen LogP contribution in [-0.4, -0.2) is 52.0 Å². The summed E-state index contributed by atoms with van der Waals surface area (Å²) in [6.07, 6.45) is 0. The minimum absolute atomic E-state index is 0.0776. The molecular weight excluding hydrogens is 309 g/mol. The average Bonchev–Trinajstić information content (AvgIpc) is 2.59. The van der Waals surface area contributed by atoms with Crippen molar-refractivity contribution in [3.8, 4) is 5.75 Å². The highest BCUT2D eigenvalue weighted by atomic mass is 19.1. The summed E-state index contributed by atoms with van der Waals surface area (Å²) >= 11 is 0. The monoisotopic (exact) mass is 329 g/mol. The Morgan fingerprint density at radius 3 is 2.46 bits per heavy atom. The zero-order valence-electron chi connectivity index (χ0n) is 13.6. The van der Waals surface area contributed by atoms with Crippen molar-refractivity contribution in [1.29, 1.82) is 0 Å². The number of halogens is 1. The summed E-state index contributed by atoms with van der Waals surface area (Å²) in [6, 6.07) is 9.06. The second kappa shape index (κ2) is 6.97. The van der Waals surface area contributed by atoms with Gasteiger partial charge in [0.15, 0.2) is 0 Å². The Balaban J connectivity index is 1.58. The number of aromatic hydroxyl groups is 1. The lowest BCUT2D eigenvalue weighted by Gasteiger charge is -2.34. The van der Waals surface area contributed by atoms with Crippen molar-refractivity contribution < 1.29 is 14.3 Å². The third-order valence-electron chi connectivity index (χ3n) is 4.21. The molecule has 0 saturated carbocycles. The van der Waals surface area contributed by atoms with Crippen LogP contribution in [0.1, 0.15) is 21.7 Å². The number of rotatable bonds is 3. The Kier molecular flexibility index (Phi) is 4.76. The van der Waals surface area contributed by atoms with Crippen LogP contribution < -0.4 is 0 Å². The van der Waals surface area contributed by atoms with E-state index in [-0.39, 0.29) is 17.5 Å². The molecule has 1 N–H and O–H groups in total. The van der Waals surface area contributed by atoms with E-state index in [1.807, 2.05) is 6.92 Å². The molecule has 1 amide bonds. The molecule has 1 aromatic carbocycles. The van der Waals surface area contributed by atoms with Crippen LogP contribution in [0.3, 0.4) is 0 Å². The van der Waals surface area contributed by atoms with Crippen molar-refractivity contribution in [2.45, 2.75) is 13.5 Å². The van der Waals surface area contributed by atoms with E-state index in [0.717, 1.165) is 5.69 Å². The fourth-order valence-corrected chi connectivity index (χ4v) is 2.82. The van der Waals surface area contributed by atoms with Gasteiger partial charge in [-0.2, -0.15) is 0 Å². The number of pyridine rings is 1. The maximum absolute atomic E-state index is 13.0. The van der Waals surface area contributed by atoms with Crippen molar-refractivity contribution in [3.05, 3.63) is 59.2 Å². The molecule has 0 unspecified atom stereocenters. The lowest BCUT2D eigenvalue weighted by molar-refractivity contribution is 0.0625. The number of benzene rings is 1. The first-order chi connectivity index (χ1) is 11.5. The summed E-state index contributed by atoms with van der Waals surface area (Å²) in [5.41, 5.74) is 2.03. The number of hydrogen-bond acceptors (Lipinski definition) is 4. The van der Waals surface area contributed by atoms with Gasteiger partial charge in [-0.1, -0.05) is 0 Å². The second-order valence-corrected chi connectivity index (χ2v) is 5.99. The van der Waals surface area contributed by atoms with Gasteiger partial charge in [-0.05, 0) is 43.3 Å². The SMILES string of the molecule is Cc1ccc(O)c(CN2CCN(C(=O)c3ccc(F)cc3)CC2)n1. The molecule has 5 nitrogen and oxygen atoms in total. The van der Waals surface area contributed by atoms with E-state index < -0.39 is 0 Å². The number of nitrogens with zero attached hydrogens (tertiary/aromatic N) is 3. The van der Waals surface area contributed by atoms with Crippen LogP contribution in [0.25, 0.3) is 0 Å². The second-order valence-electron chi connectivity index (χ2n) is 5.99. The number of amides is 1. The van der Waals surface area contributed by atoms with E-state index in [0.29, 0.717) is 44.0 Å². The standard InChI is InChI=1S/C18H20FN3O2/c1-13-2-7-17(23)16(20-13)12-21-8-10-22(11-9-21)18(24)14-3-5-15(19)6-4-14/h2-7,23H,8-12H2,1H3. The van der Waals surface area contributed by atoms with Crippen LogP contribution in [-0.2, 0) is 6.54 Å². The molecule has 0 spiro atoms. The third-order valence-corrected chi connectivity index (χ3v) is 4.21. The summed E-state index contributed by atoms with van der Waals surface area (Å²) in [6.45, 7) is 5.07. The molecule has 0 atom stereocenters. The highest BCUT2D eigenvalue weighted by Gasteiger charge is 2.23. The van der Waals surface area contributed by atoms with Crippen molar-refractivity contribution in [2.75, 3.05) is 26.2 Å². The number of carbonyl (C=O) groups is 1. The molecule has 0 radical (unpaired) electrons. The number of aromatic nitrogens is 1. The van der Waals surface area contributed by atoms with Crippen LogP contribution in [0.15, 0.2) is 36.4 Å². The van der Waals surface area contributed by atoms with E-state index >= 15 is 0 Å². The smallest absolute Gasteiger partial charge is 0.253 e. The Labute approximate surface area is 140 Å². The topological polar surface area (TPSA) is 56.7 Å². The van der Waals surface area contributed by atoms with Gasteiger partial charge in [0.1, 0.15) is 11.6 Å². The predicted octanol–water partition coefficient (Wildman–Crippen LogP) is 2.19. The van der Waals surface area contributed by atoms with Crippen molar-refractivity contribution in [1.82, 2.24) is 14.8 Å². The molecule has 126 valence electrons. The molecule has 24 heavy (non-hydrogen) atoms. The number of piperazine rings is 1. The van der Waals surface area contributed by atoms with E-state index in [4.69, 9.17) is 0 Å². The zero-order chi connectivity index (χ0) is 17.1. The Hall–Kier alpha value is -2.47. The first-order valence-electron chi connectivity index (χ1n) is 7.95. The summed E-state index contributed by atoms with van der Waals surface area (Å²) in [5, 5.41) is 9.89. The maximum Gasteiger partial charge on any atom is 0.253 e. The predicted molar refractivity (Wildman–Crippen MR) is 88.2 cm³/mol. The van der Waals surface area contributed by atoms with Gasteiger partial charge >= 0.3 is 0 Å². The number of aryl methyl sites for hydroxylation is 1. The Morgan fingerprint density at radius 2 is 1.79 bits per heavy atom. The van der Waals surface area contributed by atoms with Crippen LogP contribution in [0, 0.1) is 12.7 Å². The lowest BCUT2D eigenvalue weighted by Crippen LogP contribution is -2.48. The van der Waals surface area contributed by atoms with Gasteiger partial charge in [-0.15, -0.1) is 0 Å². The van der Waals surface area contributed by atoms with Gasteiger partial charge in [0, 0.05) is 44.0 Å². The zero-order valence-corrected chi connectivity index (χ0v) is 13.6. The minimum Gasteiger partial charge on any atom is -0.506 e. The molecule has 0 bridgehead atoms. The minimum atomic E-state index is -0.346. The molecule has 1 aliphatic heterocycles. The number of hydrogen-bond donors (Lipinski definition) is 1. The van der Waals surface area contributed by atoms with Crippen LogP contribution in [0.2, 0.25) is 0 Å². The number of carbonyl (C=O) groups excluding carboxylic acids is 1. The van der Waals surface area contributed by atoms with Crippen molar-refractivity contribution in [2.24, 2.45) is 0 Å². The van der Waals surface area contributed by atoms with Crippen LogP contribution in [0.4, 0.5) is 4.39 Å². The van der Waals surface area contributed by atoms with Gasteiger partial charge in [0.25, 0.3) is 5.91 Å². The summed E-state index contributed by atoms with van der Waals surface area (Å²) in [4.78, 5) is 20.7. The first-order valence-corrected chi connectivity index (χ1v) is 7.95.